The fraction of sp³-hybridized carbons (Fsp3) is 0.615. The molecule has 2 rings (SSSR count). The summed E-state index contributed by atoms with van der Waals surface area (Å²) in [6, 6.07) is 2.42. The molecule has 0 amide bonds. The summed E-state index contributed by atoms with van der Waals surface area (Å²) < 4.78 is 1.02. The van der Waals surface area contributed by atoms with E-state index in [9.17, 15) is 0 Å². The first-order valence-electron chi connectivity index (χ1n) is 6.29. The van der Waals surface area contributed by atoms with Crippen molar-refractivity contribution in [1.29, 1.82) is 0 Å². The summed E-state index contributed by atoms with van der Waals surface area (Å²) in [6.45, 7) is 5.07. The van der Waals surface area contributed by atoms with Gasteiger partial charge in [0.15, 0.2) is 0 Å². The molecule has 3 nitrogen and oxygen atoms in total. The van der Waals surface area contributed by atoms with Crippen LogP contribution in [0.4, 0.5) is 0 Å². The number of pyridine rings is 1. The molecule has 1 fully saturated rings. The maximum Gasteiger partial charge on any atom is 0.0486 e. The predicted octanol–water partition coefficient (Wildman–Crippen LogP) is 2.58. The topological polar surface area (TPSA) is 42.1 Å². The molecule has 17 heavy (non-hydrogen) atoms. The summed E-state index contributed by atoms with van der Waals surface area (Å²) in [5, 5.41) is 0. The fourth-order valence-corrected chi connectivity index (χ4v) is 2.60. The highest BCUT2D eigenvalue weighted by Crippen LogP contribution is 2.32. The molecule has 0 saturated heterocycles. The van der Waals surface area contributed by atoms with Gasteiger partial charge in [-0.25, -0.2) is 0 Å². The molecule has 1 atom stereocenters. The summed E-state index contributed by atoms with van der Waals surface area (Å²) in [7, 11) is 0. The van der Waals surface area contributed by atoms with Gasteiger partial charge in [-0.05, 0) is 52.9 Å². The van der Waals surface area contributed by atoms with Crippen LogP contribution in [0.2, 0.25) is 0 Å². The van der Waals surface area contributed by atoms with E-state index >= 15 is 0 Å². The predicted molar refractivity (Wildman–Crippen MR) is 73.7 cm³/mol. The minimum atomic E-state index is 0.297. The summed E-state index contributed by atoms with van der Waals surface area (Å²) in [5.41, 5.74) is 7.16. The first-order valence-corrected chi connectivity index (χ1v) is 7.08. The lowest BCUT2D eigenvalue weighted by molar-refractivity contribution is 0.203. The van der Waals surface area contributed by atoms with E-state index in [1.54, 1.807) is 0 Å². The van der Waals surface area contributed by atoms with E-state index in [0.29, 0.717) is 12.6 Å². The van der Waals surface area contributed by atoms with Gasteiger partial charge < -0.3 is 5.73 Å². The standard InChI is InChI=1S/C13H20BrN3/c1-2-17(9-10-3-4-10)13(6-15)11-5-12(14)8-16-7-11/h5,7-8,10,13H,2-4,6,9,15H2,1H3. The zero-order chi connectivity index (χ0) is 12.3. The third-order valence-electron chi connectivity index (χ3n) is 3.37. The smallest absolute Gasteiger partial charge is 0.0486 e. The Morgan fingerprint density at radius 2 is 2.29 bits per heavy atom. The molecule has 1 aromatic heterocycles. The maximum absolute atomic E-state index is 5.94. The normalized spacial score (nSPS) is 17.4. The van der Waals surface area contributed by atoms with Gasteiger partial charge in [0.2, 0.25) is 0 Å². The lowest BCUT2D eigenvalue weighted by Gasteiger charge is -2.30. The third kappa shape index (κ3) is 3.50. The molecular weight excluding hydrogens is 278 g/mol. The minimum absolute atomic E-state index is 0.297. The Bertz CT molecular complexity index is 365. The first-order chi connectivity index (χ1) is 8.24. The van der Waals surface area contributed by atoms with Crippen LogP contribution in [-0.4, -0.2) is 29.5 Å². The molecule has 1 heterocycles. The fourth-order valence-electron chi connectivity index (χ4n) is 2.22. The molecule has 94 valence electrons. The number of likely N-dealkylation sites (N-methyl/N-ethyl adjacent to an activating group) is 1. The van der Waals surface area contributed by atoms with Gasteiger partial charge in [-0.3, -0.25) is 9.88 Å². The number of nitrogens with zero attached hydrogens (tertiary/aromatic N) is 2. The summed E-state index contributed by atoms with van der Waals surface area (Å²) >= 11 is 3.47. The highest BCUT2D eigenvalue weighted by Gasteiger charge is 2.27. The van der Waals surface area contributed by atoms with Crippen LogP contribution in [0, 0.1) is 5.92 Å². The Morgan fingerprint density at radius 1 is 1.53 bits per heavy atom. The van der Waals surface area contributed by atoms with E-state index in [-0.39, 0.29) is 0 Å². The van der Waals surface area contributed by atoms with Crippen molar-refractivity contribution in [3.05, 3.63) is 28.5 Å². The van der Waals surface area contributed by atoms with Crippen LogP contribution in [0.25, 0.3) is 0 Å². The monoisotopic (exact) mass is 297 g/mol. The van der Waals surface area contributed by atoms with E-state index in [1.807, 2.05) is 12.4 Å². The molecule has 1 aliphatic rings. The largest absolute Gasteiger partial charge is 0.329 e. The molecule has 0 aromatic carbocycles. The first kappa shape index (κ1) is 13.0. The molecule has 1 aliphatic carbocycles. The highest BCUT2D eigenvalue weighted by atomic mass is 79.9. The maximum atomic E-state index is 5.94. The van der Waals surface area contributed by atoms with Crippen molar-refractivity contribution >= 4 is 15.9 Å². The van der Waals surface area contributed by atoms with Gasteiger partial charge in [0.1, 0.15) is 0 Å². The number of halogens is 1. The van der Waals surface area contributed by atoms with E-state index < -0.39 is 0 Å². The van der Waals surface area contributed by atoms with Crippen LogP contribution in [0.3, 0.4) is 0 Å². The van der Waals surface area contributed by atoms with Gasteiger partial charge in [-0.2, -0.15) is 0 Å². The molecule has 1 saturated carbocycles. The van der Waals surface area contributed by atoms with Gasteiger partial charge in [0.25, 0.3) is 0 Å². The Labute approximate surface area is 112 Å². The number of hydrogen-bond donors (Lipinski definition) is 1. The molecular formula is C13H20BrN3. The van der Waals surface area contributed by atoms with Crippen LogP contribution in [0.5, 0.6) is 0 Å². The van der Waals surface area contributed by atoms with Gasteiger partial charge in [0.05, 0.1) is 0 Å². The highest BCUT2D eigenvalue weighted by molar-refractivity contribution is 9.10. The van der Waals surface area contributed by atoms with Crippen molar-refractivity contribution in [1.82, 2.24) is 9.88 Å². The van der Waals surface area contributed by atoms with E-state index in [2.05, 4.69) is 38.8 Å². The molecule has 0 bridgehead atoms. The Balaban J connectivity index is 2.12. The number of aromatic nitrogens is 1. The third-order valence-corrected chi connectivity index (χ3v) is 3.80. The van der Waals surface area contributed by atoms with Gasteiger partial charge in [-0.15, -0.1) is 0 Å². The van der Waals surface area contributed by atoms with Crippen LogP contribution in [-0.2, 0) is 0 Å². The average molecular weight is 298 g/mol. The van der Waals surface area contributed by atoms with Crippen molar-refractivity contribution in [3.63, 3.8) is 0 Å². The van der Waals surface area contributed by atoms with Crippen LogP contribution in [0.15, 0.2) is 22.9 Å². The Morgan fingerprint density at radius 3 is 2.82 bits per heavy atom. The zero-order valence-corrected chi connectivity index (χ0v) is 11.9. The lowest BCUT2D eigenvalue weighted by atomic mass is 10.1. The molecule has 1 aromatic rings. The number of rotatable bonds is 6. The van der Waals surface area contributed by atoms with Crippen molar-refractivity contribution < 1.29 is 0 Å². The van der Waals surface area contributed by atoms with Gasteiger partial charge in [0, 0.05) is 36.0 Å². The second-order valence-corrected chi connectivity index (χ2v) is 5.63. The Hall–Kier alpha value is -0.450. The second kappa shape index (κ2) is 5.94. The van der Waals surface area contributed by atoms with Crippen molar-refractivity contribution in [2.24, 2.45) is 11.7 Å². The van der Waals surface area contributed by atoms with Crippen LogP contribution >= 0.6 is 15.9 Å². The molecule has 0 radical (unpaired) electrons. The minimum Gasteiger partial charge on any atom is -0.329 e. The quantitative estimate of drug-likeness (QED) is 0.877. The zero-order valence-electron chi connectivity index (χ0n) is 10.3. The van der Waals surface area contributed by atoms with Crippen LogP contribution < -0.4 is 5.73 Å². The van der Waals surface area contributed by atoms with Gasteiger partial charge in [-0.1, -0.05) is 6.92 Å². The number of hydrogen-bond acceptors (Lipinski definition) is 3. The van der Waals surface area contributed by atoms with E-state index in [1.165, 1.54) is 24.9 Å². The summed E-state index contributed by atoms with van der Waals surface area (Å²) in [5.74, 6) is 0.893. The molecule has 1 unspecified atom stereocenters. The summed E-state index contributed by atoms with van der Waals surface area (Å²) in [4.78, 5) is 6.71. The average Bonchev–Trinajstić information content (AvgIpc) is 3.13. The Kier molecular flexibility index (Phi) is 4.54. The van der Waals surface area contributed by atoms with Crippen molar-refractivity contribution in [2.45, 2.75) is 25.8 Å². The second-order valence-electron chi connectivity index (χ2n) is 4.72. The van der Waals surface area contributed by atoms with Crippen molar-refractivity contribution in [3.8, 4) is 0 Å². The molecule has 4 heteroatoms. The lowest BCUT2D eigenvalue weighted by Crippen LogP contribution is -2.35. The molecule has 0 spiro atoms. The van der Waals surface area contributed by atoms with Crippen LogP contribution in [0.1, 0.15) is 31.4 Å². The van der Waals surface area contributed by atoms with E-state index in [0.717, 1.165) is 16.9 Å². The van der Waals surface area contributed by atoms with Gasteiger partial charge >= 0.3 is 0 Å². The molecule has 0 aliphatic heterocycles. The summed E-state index contributed by atoms with van der Waals surface area (Å²) in [6.07, 6.45) is 6.50. The SMILES string of the molecule is CCN(CC1CC1)C(CN)c1cncc(Br)c1. The van der Waals surface area contributed by atoms with E-state index in [4.69, 9.17) is 5.73 Å². The molecule has 2 N–H and O–H groups in total. The number of nitrogens with two attached hydrogens (primary N) is 1. The van der Waals surface area contributed by atoms with Crippen molar-refractivity contribution in [2.75, 3.05) is 19.6 Å².